The first kappa shape index (κ1) is 20.0. The van der Waals surface area contributed by atoms with Crippen LogP contribution in [-0.4, -0.2) is 83.7 Å². The highest BCUT2D eigenvalue weighted by Crippen LogP contribution is 2.23. The maximum absolute atomic E-state index is 12.8. The molecule has 0 aromatic carbocycles. The molecule has 3 heterocycles. The van der Waals surface area contributed by atoms with Gasteiger partial charge in [0.25, 0.3) is 0 Å². The van der Waals surface area contributed by atoms with E-state index in [0.717, 1.165) is 5.56 Å². The predicted molar refractivity (Wildman–Crippen MR) is 102 cm³/mol. The number of hydrogen-bond donors (Lipinski definition) is 0. The minimum Gasteiger partial charge on any atom is -0.444 e. The van der Waals surface area contributed by atoms with Crippen LogP contribution >= 0.6 is 0 Å². The van der Waals surface area contributed by atoms with Crippen molar-refractivity contribution in [1.82, 2.24) is 19.1 Å². The molecule has 1 aromatic heterocycles. The second-order valence-corrected chi connectivity index (χ2v) is 10.3. The standard InChI is InChI=1S/C18H28N4O4S/c1-18(2,3)26-17(23)21-7-9-22(10-8-21)27(24,25)16-13-20(14-16)12-15-5-4-6-19-11-15/h4-6,11,16H,7-10,12-14H2,1-3H3. The molecule has 0 aliphatic carbocycles. The van der Waals surface area contributed by atoms with Gasteiger partial charge in [-0.3, -0.25) is 9.88 Å². The van der Waals surface area contributed by atoms with Crippen LogP contribution < -0.4 is 0 Å². The third-order valence-corrected chi connectivity index (χ3v) is 6.95. The highest BCUT2D eigenvalue weighted by Gasteiger charge is 2.42. The van der Waals surface area contributed by atoms with E-state index in [-0.39, 0.29) is 11.3 Å². The number of aromatic nitrogens is 1. The molecule has 0 spiro atoms. The molecule has 1 amide bonds. The van der Waals surface area contributed by atoms with Gasteiger partial charge in [0.1, 0.15) is 10.9 Å². The Labute approximate surface area is 161 Å². The van der Waals surface area contributed by atoms with E-state index in [1.54, 1.807) is 17.3 Å². The van der Waals surface area contributed by atoms with Crippen molar-refractivity contribution in [2.75, 3.05) is 39.3 Å². The summed E-state index contributed by atoms with van der Waals surface area (Å²) in [5.74, 6) is 0. The van der Waals surface area contributed by atoms with Crippen molar-refractivity contribution < 1.29 is 17.9 Å². The summed E-state index contributed by atoms with van der Waals surface area (Å²) in [4.78, 5) is 19.9. The first-order chi connectivity index (χ1) is 12.6. The van der Waals surface area contributed by atoms with Gasteiger partial charge in [0.2, 0.25) is 10.0 Å². The molecule has 0 N–H and O–H groups in total. The lowest BCUT2D eigenvalue weighted by Crippen LogP contribution is -2.60. The Balaban J connectivity index is 1.47. The molecule has 9 heteroatoms. The maximum Gasteiger partial charge on any atom is 0.410 e. The normalized spacial score (nSPS) is 20.3. The SMILES string of the molecule is CC(C)(C)OC(=O)N1CCN(S(=O)(=O)C2CN(Cc3cccnc3)C2)CC1. The molecule has 3 rings (SSSR count). The highest BCUT2D eigenvalue weighted by atomic mass is 32.2. The average Bonchev–Trinajstić information content (AvgIpc) is 2.57. The fourth-order valence-corrected chi connectivity index (χ4v) is 5.14. The topological polar surface area (TPSA) is 83.0 Å². The van der Waals surface area contributed by atoms with Crippen LogP contribution in [0.1, 0.15) is 26.3 Å². The summed E-state index contributed by atoms with van der Waals surface area (Å²) >= 11 is 0. The zero-order valence-electron chi connectivity index (χ0n) is 16.2. The van der Waals surface area contributed by atoms with E-state index < -0.39 is 15.6 Å². The number of ether oxygens (including phenoxy) is 1. The molecule has 0 atom stereocenters. The molecule has 1 aromatic rings. The summed E-state index contributed by atoms with van der Waals surface area (Å²) in [5, 5.41) is -0.373. The molecule has 0 unspecified atom stereocenters. The molecule has 2 fully saturated rings. The van der Waals surface area contributed by atoms with Gasteiger partial charge in [-0.1, -0.05) is 6.07 Å². The number of rotatable bonds is 4. The van der Waals surface area contributed by atoms with Crippen molar-refractivity contribution in [2.24, 2.45) is 0 Å². The third kappa shape index (κ3) is 4.97. The Morgan fingerprint density at radius 3 is 2.44 bits per heavy atom. The summed E-state index contributed by atoms with van der Waals surface area (Å²) in [6.45, 7) is 8.60. The minimum atomic E-state index is -3.34. The van der Waals surface area contributed by atoms with Crippen molar-refractivity contribution in [2.45, 2.75) is 38.2 Å². The van der Waals surface area contributed by atoms with Crippen molar-refractivity contribution in [3.05, 3.63) is 30.1 Å². The Hall–Kier alpha value is -1.71. The van der Waals surface area contributed by atoms with Crippen molar-refractivity contribution in [3.8, 4) is 0 Å². The van der Waals surface area contributed by atoms with Gasteiger partial charge >= 0.3 is 6.09 Å². The van der Waals surface area contributed by atoms with Crippen LogP contribution in [0.25, 0.3) is 0 Å². The Bertz CT molecular complexity index is 749. The van der Waals surface area contributed by atoms with Gasteiger partial charge in [-0.05, 0) is 32.4 Å². The lowest BCUT2D eigenvalue weighted by atomic mass is 10.2. The summed E-state index contributed by atoms with van der Waals surface area (Å²) in [5.41, 5.74) is 0.531. The number of carbonyl (C=O) groups excluding carboxylic acids is 1. The third-order valence-electron chi connectivity index (χ3n) is 4.72. The zero-order chi connectivity index (χ0) is 19.7. The number of carbonyl (C=O) groups is 1. The number of nitrogens with zero attached hydrogens (tertiary/aromatic N) is 4. The van der Waals surface area contributed by atoms with Crippen LogP contribution in [0.3, 0.4) is 0 Å². The van der Waals surface area contributed by atoms with E-state index in [4.69, 9.17) is 4.74 Å². The van der Waals surface area contributed by atoms with Gasteiger partial charge < -0.3 is 9.64 Å². The summed E-state index contributed by atoms with van der Waals surface area (Å²) in [7, 11) is -3.34. The van der Waals surface area contributed by atoms with E-state index in [9.17, 15) is 13.2 Å². The quantitative estimate of drug-likeness (QED) is 0.759. The molecule has 0 radical (unpaired) electrons. The molecule has 150 valence electrons. The second kappa shape index (κ2) is 7.73. The van der Waals surface area contributed by atoms with Gasteiger partial charge in [0.05, 0.1) is 0 Å². The molecular weight excluding hydrogens is 368 g/mol. The maximum atomic E-state index is 12.8. The van der Waals surface area contributed by atoms with Crippen LogP contribution in [0.5, 0.6) is 0 Å². The van der Waals surface area contributed by atoms with Crippen molar-refractivity contribution in [3.63, 3.8) is 0 Å². The first-order valence-electron chi connectivity index (χ1n) is 9.23. The molecule has 2 aliphatic rings. The number of piperazine rings is 1. The van der Waals surface area contributed by atoms with Crippen LogP contribution in [0.2, 0.25) is 0 Å². The molecule has 0 bridgehead atoms. The smallest absolute Gasteiger partial charge is 0.410 e. The Kier molecular flexibility index (Phi) is 5.73. The molecule has 0 saturated carbocycles. The molecule has 8 nitrogen and oxygen atoms in total. The largest absolute Gasteiger partial charge is 0.444 e. The number of pyridine rings is 1. The van der Waals surface area contributed by atoms with E-state index in [2.05, 4.69) is 9.88 Å². The fourth-order valence-electron chi connectivity index (χ4n) is 3.25. The van der Waals surface area contributed by atoms with E-state index in [1.807, 2.05) is 32.9 Å². The Morgan fingerprint density at radius 2 is 1.89 bits per heavy atom. The van der Waals surface area contributed by atoms with Gasteiger partial charge in [0, 0.05) is 58.2 Å². The Morgan fingerprint density at radius 1 is 1.22 bits per heavy atom. The van der Waals surface area contributed by atoms with Gasteiger partial charge in [0.15, 0.2) is 0 Å². The molecule has 2 aliphatic heterocycles. The van der Waals surface area contributed by atoms with E-state index >= 15 is 0 Å². The van der Waals surface area contributed by atoms with Gasteiger partial charge in [-0.15, -0.1) is 0 Å². The minimum absolute atomic E-state index is 0.320. The molecule has 27 heavy (non-hydrogen) atoms. The fraction of sp³-hybridized carbons (Fsp3) is 0.667. The number of likely N-dealkylation sites (tertiary alicyclic amines) is 1. The number of sulfonamides is 1. The first-order valence-corrected chi connectivity index (χ1v) is 10.7. The average molecular weight is 397 g/mol. The van der Waals surface area contributed by atoms with E-state index in [1.165, 1.54) is 4.31 Å². The predicted octanol–water partition coefficient (Wildman–Crippen LogP) is 1.15. The molecular formula is C18H28N4O4S. The summed E-state index contributed by atoms with van der Waals surface area (Å²) in [6.07, 6.45) is 3.15. The summed E-state index contributed by atoms with van der Waals surface area (Å²) in [6, 6.07) is 3.87. The number of amides is 1. The van der Waals surface area contributed by atoms with E-state index in [0.29, 0.717) is 45.8 Å². The van der Waals surface area contributed by atoms with Crippen LogP contribution in [0, 0.1) is 0 Å². The molecule has 2 saturated heterocycles. The number of hydrogen-bond acceptors (Lipinski definition) is 6. The highest BCUT2D eigenvalue weighted by molar-refractivity contribution is 7.89. The van der Waals surface area contributed by atoms with Gasteiger partial charge in [-0.2, -0.15) is 4.31 Å². The monoisotopic (exact) mass is 396 g/mol. The lowest BCUT2D eigenvalue weighted by molar-refractivity contribution is 0.0190. The van der Waals surface area contributed by atoms with Crippen LogP contribution in [0.4, 0.5) is 4.79 Å². The van der Waals surface area contributed by atoms with Crippen LogP contribution in [0.15, 0.2) is 24.5 Å². The van der Waals surface area contributed by atoms with Crippen LogP contribution in [-0.2, 0) is 21.3 Å². The second-order valence-electron chi connectivity index (χ2n) is 8.09. The lowest BCUT2D eigenvalue weighted by Gasteiger charge is -2.42. The van der Waals surface area contributed by atoms with Crippen molar-refractivity contribution >= 4 is 16.1 Å². The van der Waals surface area contributed by atoms with Crippen molar-refractivity contribution in [1.29, 1.82) is 0 Å². The zero-order valence-corrected chi connectivity index (χ0v) is 17.0. The van der Waals surface area contributed by atoms with Gasteiger partial charge in [-0.25, -0.2) is 13.2 Å². The summed E-state index contributed by atoms with van der Waals surface area (Å²) < 4.78 is 32.5.